The van der Waals surface area contributed by atoms with Crippen molar-refractivity contribution in [3.63, 3.8) is 0 Å². The summed E-state index contributed by atoms with van der Waals surface area (Å²) in [7, 11) is 1.53. The third-order valence-corrected chi connectivity index (χ3v) is 1.98. The molecule has 0 bridgehead atoms. The van der Waals surface area contributed by atoms with Gasteiger partial charge in [0, 0.05) is 13.0 Å². The quantitative estimate of drug-likeness (QED) is 0.501. The fourth-order valence-corrected chi connectivity index (χ4v) is 1.07. The summed E-state index contributed by atoms with van der Waals surface area (Å²) in [5.74, 6) is -0.211. The molecule has 0 aromatic carbocycles. The van der Waals surface area contributed by atoms with Gasteiger partial charge < -0.3 is 20.9 Å². The number of carbonyl (C=O) groups is 1. The Balaban J connectivity index is 3.88. The highest BCUT2D eigenvalue weighted by molar-refractivity contribution is 5.78. The van der Waals surface area contributed by atoms with E-state index in [4.69, 9.17) is 15.6 Å². The predicted molar refractivity (Wildman–Crippen MR) is 53.7 cm³/mol. The van der Waals surface area contributed by atoms with Gasteiger partial charge in [-0.05, 0) is 13.0 Å². The minimum Gasteiger partial charge on any atom is -0.394 e. The summed E-state index contributed by atoms with van der Waals surface area (Å²) < 4.78 is 4.84. The van der Waals surface area contributed by atoms with E-state index in [9.17, 15) is 4.79 Å². The number of nitrogens with two attached hydrogens (primary N) is 1. The molecule has 0 aromatic heterocycles. The molecule has 0 aromatic rings. The Hall–Kier alpha value is -0.650. The molecule has 0 saturated carbocycles. The molecule has 0 aliphatic rings. The molecule has 0 aliphatic carbocycles. The highest BCUT2D eigenvalue weighted by Crippen LogP contribution is 2.00. The van der Waals surface area contributed by atoms with Crippen LogP contribution in [0, 0.1) is 5.92 Å². The lowest BCUT2D eigenvalue weighted by molar-refractivity contribution is -0.126. The molecule has 1 amide bonds. The van der Waals surface area contributed by atoms with Crippen molar-refractivity contribution in [3.05, 3.63) is 0 Å². The molecule has 84 valence electrons. The summed E-state index contributed by atoms with van der Waals surface area (Å²) in [4.78, 5) is 11.4. The number of rotatable bonds is 7. The van der Waals surface area contributed by atoms with Crippen LogP contribution in [0.4, 0.5) is 0 Å². The molecule has 0 saturated heterocycles. The second kappa shape index (κ2) is 7.73. The van der Waals surface area contributed by atoms with Crippen LogP contribution in [0.5, 0.6) is 0 Å². The van der Waals surface area contributed by atoms with Crippen LogP contribution in [0.25, 0.3) is 0 Å². The summed E-state index contributed by atoms with van der Waals surface area (Å²) >= 11 is 0. The van der Waals surface area contributed by atoms with Crippen LogP contribution in [-0.4, -0.2) is 43.9 Å². The molecule has 0 heterocycles. The van der Waals surface area contributed by atoms with Crippen molar-refractivity contribution in [2.75, 3.05) is 26.9 Å². The second-order valence-electron chi connectivity index (χ2n) is 3.32. The predicted octanol–water partition coefficient (Wildman–Crippen LogP) is -0.905. The Bertz CT molecular complexity index is 164. The highest BCUT2D eigenvalue weighted by Gasteiger charge is 2.16. The van der Waals surface area contributed by atoms with Gasteiger partial charge in [0.25, 0.3) is 0 Å². The van der Waals surface area contributed by atoms with Crippen molar-refractivity contribution in [3.8, 4) is 0 Å². The molecule has 14 heavy (non-hydrogen) atoms. The van der Waals surface area contributed by atoms with Crippen molar-refractivity contribution in [2.45, 2.75) is 19.4 Å². The zero-order valence-electron chi connectivity index (χ0n) is 8.82. The first kappa shape index (κ1) is 13.4. The van der Waals surface area contributed by atoms with Crippen molar-refractivity contribution in [1.82, 2.24) is 5.32 Å². The number of amides is 1. The van der Waals surface area contributed by atoms with E-state index < -0.39 is 0 Å². The fourth-order valence-electron chi connectivity index (χ4n) is 1.07. The van der Waals surface area contributed by atoms with Gasteiger partial charge in [0.1, 0.15) is 0 Å². The van der Waals surface area contributed by atoms with Gasteiger partial charge in [-0.3, -0.25) is 4.79 Å². The topological polar surface area (TPSA) is 84.6 Å². The number of hydrogen-bond acceptors (Lipinski definition) is 4. The van der Waals surface area contributed by atoms with Crippen LogP contribution in [0.2, 0.25) is 0 Å². The molecular formula is C9H20N2O3. The molecule has 2 atom stereocenters. The Kier molecular flexibility index (Phi) is 7.37. The van der Waals surface area contributed by atoms with Gasteiger partial charge in [-0.15, -0.1) is 0 Å². The Morgan fingerprint density at radius 2 is 2.29 bits per heavy atom. The number of aliphatic hydroxyl groups is 1. The molecule has 0 aliphatic heterocycles. The second-order valence-corrected chi connectivity index (χ2v) is 3.32. The van der Waals surface area contributed by atoms with Gasteiger partial charge in [0.2, 0.25) is 5.91 Å². The lowest BCUT2D eigenvalue weighted by Gasteiger charge is -2.18. The summed E-state index contributed by atoms with van der Waals surface area (Å²) in [5, 5.41) is 11.6. The molecule has 0 radical (unpaired) electrons. The lowest BCUT2D eigenvalue weighted by Crippen LogP contribution is -2.43. The minimum absolute atomic E-state index is 0.0912. The Morgan fingerprint density at radius 3 is 2.71 bits per heavy atom. The van der Waals surface area contributed by atoms with Crippen LogP contribution < -0.4 is 11.1 Å². The summed E-state index contributed by atoms with van der Waals surface area (Å²) in [5.41, 5.74) is 5.34. The number of aliphatic hydroxyl groups excluding tert-OH is 1. The van der Waals surface area contributed by atoms with E-state index in [1.807, 2.05) is 6.92 Å². The van der Waals surface area contributed by atoms with Gasteiger partial charge in [0.05, 0.1) is 19.3 Å². The van der Waals surface area contributed by atoms with Gasteiger partial charge in [0.15, 0.2) is 0 Å². The average molecular weight is 204 g/mol. The first-order chi connectivity index (χ1) is 6.65. The van der Waals surface area contributed by atoms with E-state index in [0.29, 0.717) is 19.6 Å². The van der Waals surface area contributed by atoms with E-state index in [0.717, 1.165) is 0 Å². The van der Waals surface area contributed by atoms with Crippen LogP contribution in [0.1, 0.15) is 13.3 Å². The first-order valence-electron chi connectivity index (χ1n) is 4.75. The molecule has 4 N–H and O–H groups in total. The first-order valence-corrected chi connectivity index (χ1v) is 4.75. The smallest absolute Gasteiger partial charge is 0.223 e. The van der Waals surface area contributed by atoms with E-state index >= 15 is 0 Å². The monoisotopic (exact) mass is 204 g/mol. The number of hydrogen-bond donors (Lipinski definition) is 3. The number of ether oxygens (including phenoxy) is 1. The molecule has 0 rings (SSSR count). The molecule has 5 heteroatoms. The maximum atomic E-state index is 11.4. The lowest BCUT2D eigenvalue weighted by atomic mass is 10.1. The SMILES string of the molecule is COCC(CO)NC(=O)C(C)CCN. The van der Waals surface area contributed by atoms with Gasteiger partial charge in [-0.1, -0.05) is 6.92 Å². The number of nitrogens with one attached hydrogen (secondary N) is 1. The summed E-state index contributed by atoms with van der Waals surface area (Å²) in [6.07, 6.45) is 0.650. The maximum absolute atomic E-state index is 11.4. The van der Waals surface area contributed by atoms with Gasteiger partial charge in [-0.2, -0.15) is 0 Å². The normalized spacial score (nSPS) is 14.9. The zero-order valence-corrected chi connectivity index (χ0v) is 8.82. The standard InChI is InChI=1S/C9H20N2O3/c1-7(3-4-10)9(13)11-8(5-12)6-14-2/h7-8,12H,3-6,10H2,1-2H3,(H,11,13). The zero-order chi connectivity index (χ0) is 11.0. The maximum Gasteiger partial charge on any atom is 0.223 e. The van der Waals surface area contributed by atoms with Crippen molar-refractivity contribution in [1.29, 1.82) is 0 Å². The summed E-state index contributed by atoms with van der Waals surface area (Å²) in [6, 6.07) is -0.326. The van der Waals surface area contributed by atoms with Crippen LogP contribution in [0.3, 0.4) is 0 Å². The molecule has 5 nitrogen and oxygen atoms in total. The Labute approximate surface area is 84.6 Å². The van der Waals surface area contributed by atoms with E-state index in [2.05, 4.69) is 5.32 Å². The molecule has 2 unspecified atom stereocenters. The number of carbonyl (C=O) groups excluding carboxylic acids is 1. The van der Waals surface area contributed by atoms with Crippen LogP contribution >= 0.6 is 0 Å². The van der Waals surface area contributed by atoms with Crippen LogP contribution in [0.15, 0.2) is 0 Å². The van der Waals surface area contributed by atoms with E-state index in [1.165, 1.54) is 7.11 Å². The fraction of sp³-hybridized carbons (Fsp3) is 0.889. The molecular weight excluding hydrogens is 184 g/mol. The van der Waals surface area contributed by atoms with Crippen molar-refractivity contribution in [2.24, 2.45) is 11.7 Å². The van der Waals surface area contributed by atoms with Crippen molar-refractivity contribution < 1.29 is 14.6 Å². The number of methoxy groups -OCH3 is 1. The van der Waals surface area contributed by atoms with Gasteiger partial charge >= 0.3 is 0 Å². The van der Waals surface area contributed by atoms with Gasteiger partial charge in [-0.25, -0.2) is 0 Å². The summed E-state index contributed by atoms with van der Waals surface area (Å²) in [6.45, 7) is 2.50. The molecule has 0 spiro atoms. The van der Waals surface area contributed by atoms with Crippen LogP contribution in [-0.2, 0) is 9.53 Å². The highest BCUT2D eigenvalue weighted by atomic mass is 16.5. The van der Waals surface area contributed by atoms with Crippen molar-refractivity contribution >= 4 is 5.91 Å². The average Bonchev–Trinajstić information content (AvgIpc) is 2.17. The Morgan fingerprint density at radius 1 is 1.64 bits per heavy atom. The third-order valence-electron chi connectivity index (χ3n) is 1.98. The van der Waals surface area contributed by atoms with E-state index in [-0.39, 0.29) is 24.5 Å². The van der Waals surface area contributed by atoms with E-state index in [1.54, 1.807) is 0 Å². The largest absolute Gasteiger partial charge is 0.394 e. The third kappa shape index (κ3) is 5.16. The molecule has 0 fully saturated rings. The minimum atomic E-state index is -0.326.